The van der Waals surface area contributed by atoms with Crippen molar-refractivity contribution in [1.82, 2.24) is 8.86 Å². The van der Waals surface area contributed by atoms with Gasteiger partial charge >= 0.3 is 0 Å². The summed E-state index contributed by atoms with van der Waals surface area (Å²) in [5.41, 5.74) is 1.20. The van der Waals surface area contributed by atoms with Gasteiger partial charge in [-0.05, 0) is 24.1 Å². The molecule has 0 atom stereocenters. The molecule has 2 rings (SSSR count). The maximum absolute atomic E-state index is 11.5. The normalized spacial score (nSPS) is 10.6. The lowest BCUT2D eigenvalue weighted by molar-refractivity contribution is 0.648. The van der Waals surface area contributed by atoms with E-state index in [4.69, 9.17) is 23.8 Å². The summed E-state index contributed by atoms with van der Waals surface area (Å²) in [6, 6.07) is 7.50. The van der Waals surface area contributed by atoms with Crippen molar-refractivity contribution in [2.24, 2.45) is 0 Å². The molecule has 0 N–H and O–H groups in total. The van der Waals surface area contributed by atoms with E-state index in [-0.39, 0.29) is 5.56 Å². The van der Waals surface area contributed by atoms with Crippen LogP contribution in [0.5, 0.6) is 0 Å². The van der Waals surface area contributed by atoms with Crippen molar-refractivity contribution in [2.45, 2.75) is 17.9 Å². The number of rotatable bonds is 4. The highest BCUT2D eigenvalue weighted by atomic mass is 35.5. The molecule has 1 aromatic carbocycles. The maximum Gasteiger partial charge on any atom is 0.260 e. The van der Waals surface area contributed by atoms with E-state index in [1.807, 2.05) is 37.2 Å². The zero-order chi connectivity index (χ0) is 15.4. The van der Waals surface area contributed by atoms with Crippen LogP contribution < -0.4 is 5.56 Å². The molecule has 2 aromatic rings. The molecule has 0 saturated heterocycles. The van der Waals surface area contributed by atoms with Crippen LogP contribution in [0.4, 0.5) is 0 Å². The van der Waals surface area contributed by atoms with Gasteiger partial charge in [-0.15, -0.1) is 0 Å². The number of thiocarbonyl (C=S) groups is 1. The van der Waals surface area contributed by atoms with Crippen LogP contribution in [0.25, 0.3) is 0 Å². The van der Waals surface area contributed by atoms with Gasteiger partial charge in [0.15, 0.2) is 0 Å². The summed E-state index contributed by atoms with van der Waals surface area (Å²) in [7, 11) is 3.83. The molecule has 21 heavy (non-hydrogen) atoms. The van der Waals surface area contributed by atoms with Crippen LogP contribution in [0.1, 0.15) is 5.56 Å². The summed E-state index contributed by atoms with van der Waals surface area (Å²) < 4.78 is 2.51. The van der Waals surface area contributed by atoms with Crippen molar-refractivity contribution < 1.29 is 0 Å². The minimum Gasteiger partial charge on any atom is -0.363 e. The third-order valence-electron chi connectivity index (χ3n) is 2.81. The number of aryl methyl sites for hydroxylation is 2. The molecule has 0 radical (unpaired) electrons. The molecule has 0 unspecified atom stereocenters. The first-order valence-corrected chi connectivity index (χ1v) is 8.73. The number of aromatic nitrogens is 1. The van der Waals surface area contributed by atoms with Crippen molar-refractivity contribution in [3.63, 3.8) is 0 Å². The zero-order valence-corrected chi connectivity index (χ0v) is 14.9. The molecule has 7 heteroatoms. The Morgan fingerprint density at radius 1 is 1.43 bits per heavy atom. The van der Waals surface area contributed by atoms with Gasteiger partial charge in [-0.2, -0.15) is 0 Å². The Morgan fingerprint density at radius 2 is 2.19 bits per heavy atom. The monoisotopic (exact) mass is 358 g/mol. The molecule has 112 valence electrons. The fourth-order valence-electron chi connectivity index (χ4n) is 1.66. The Kier molecular flexibility index (Phi) is 5.87. The predicted molar refractivity (Wildman–Crippen MR) is 95.9 cm³/mol. The topological polar surface area (TPSA) is 25.2 Å². The second kappa shape index (κ2) is 7.45. The molecular weight excluding hydrogens is 344 g/mol. The first kappa shape index (κ1) is 16.5. The first-order valence-electron chi connectivity index (χ1n) is 6.30. The Bertz CT molecular complexity index is 694. The van der Waals surface area contributed by atoms with Gasteiger partial charge in [0.1, 0.15) is 4.32 Å². The van der Waals surface area contributed by atoms with Crippen LogP contribution in [-0.4, -0.2) is 27.3 Å². The van der Waals surface area contributed by atoms with Gasteiger partial charge in [0.2, 0.25) is 0 Å². The Balaban J connectivity index is 2.09. The number of thioether (sulfide) groups is 1. The Morgan fingerprint density at radius 3 is 2.81 bits per heavy atom. The van der Waals surface area contributed by atoms with E-state index in [0.29, 0.717) is 11.6 Å². The molecule has 1 aromatic heterocycles. The van der Waals surface area contributed by atoms with E-state index in [9.17, 15) is 4.79 Å². The van der Waals surface area contributed by atoms with Crippen LogP contribution >= 0.6 is 47.1 Å². The third kappa shape index (κ3) is 4.57. The van der Waals surface area contributed by atoms with Gasteiger partial charge in [0.25, 0.3) is 5.56 Å². The molecule has 0 amide bonds. The van der Waals surface area contributed by atoms with E-state index < -0.39 is 0 Å². The quantitative estimate of drug-likeness (QED) is 0.614. The maximum atomic E-state index is 11.5. The van der Waals surface area contributed by atoms with E-state index in [0.717, 1.165) is 21.2 Å². The Labute approximate surface area is 142 Å². The molecule has 0 bridgehead atoms. The van der Waals surface area contributed by atoms with Crippen molar-refractivity contribution in [3.8, 4) is 0 Å². The summed E-state index contributed by atoms with van der Waals surface area (Å²) in [6.45, 7) is 0.681. The summed E-state index contributed by atoms with van der Waals surface area (Å²) in [5.74, 6) is 0. The van der Waals surface area contributed by atoms with Gasteiger partial charge in [-0.1, -0.05) is 53.2 Å². The largest absolute Gasteiger partial charge is 0.363 e. The summed E-state index contributed by atoms with van der Waals surface area (Å²) in [6.07, 6.45) is 0.792. The average Bonchev–Trinajstić information content (AvgIpc) is 2.85. The van der Waals surface area contributed by atoms with E-state index in [1.165, 1.54) is 23.3 Å². The standard InChI is InChI=1S/C14H15ClN2OS3/c1-16(2)14(19)21-12-9-10(3-4-11(12)15)5-7-17-13(18)6-8-20-17/h3-4,6,8-9H,5,7H2,1-2H3. The van der Waals surface area contributed by atoms with Gasteiger partial charge in [-0.3, -0.25) is 8.75 Å². The molecule has 0 aliphatic carbocycles. The molecule has 1 heterocycles. The zero-order valence-electron chi connectivity index (χ0n) is 11.7. The third-order valence-corrected chi connectivity index (χ3v) is 5.84. The average molecular weight is 359 g/mol. The Hall–Kier alpha value is -0.820. The molecule has 0 spiro atoms. The van der Waals surface area contributed by atoms with E-state index in [2.05, 4.69) is 0 Å². The number of benzene rings is 1. The number of nitrogens with zero attached hydrogens (tertiary/aromatic N) is 2. The van der Waals surface area contributed by atoms with Gasteiger partial charge in [0, 0.05) is 37.0 Å². The predicted octanol–water partition coefficient (Wildman–Crippen LogP) is 3.74. The van der Waals surface area contributed by atoms with Crippen molar-refractivity contribution >= 4 is 51.4 Å². The SMILES string of the molecule is CN(C)C(=S)Sc1cc(CCn2sccc2=O)ccc1Cl. The molecule has 0 saturated carbocycles. The summed E-state index contributed by atoms with van der Waals surface area (Å²) >= 11 is 14.4. The smallest absolute Gasteiger partial charge is 0.260 e. The lowest BCUT2D eigenvalue weighted by atomic mass is 10.1. The fourth-order valence-corrected chi connectivity index (χ4v) is 3.59. The lowest BCUT2D eigenvalue weighted by Gasteiger charge is -2.14. The highest BCUT2D eigenvalue weighted by Crippen LogP contribution is 2.30. The van der Waals surface area contributed by atoms with Crippen LogP contribution in [0, 0.1) is 0 Å². The second-order valence-corrected chi connectivity index (χ2v) is 7.63. The highest BCUT2D eigenvalue weighted by molar-refractivity contribution is 8.23. The van der Waals surface area contributed by atoms with E-state index >= 15 is 0 Å². The van der Waals surface area contributed by atoms with Gasteiger partial charge in [-0.25, -0.2) is 0 Å². The lowest BCUT2D eigenvalue weighted by Crippen LogP contribution is -2.16. The molecule has 0 fully saturated rings. The fraction of sp³-hybridized carbons (Fsp3) is 0.286. The van der Waals surface area contributed by atoms with Gasteiger partial charge < -0.3 is 4.90 Å². The number of hydrogen-bond donors (Lipinski definition) is 0. The van der Waals surface area contributed by atoms with Crippen LogP contribution in [0.15, 0.2) is 39.3 Å². The summed E-state index contributed by atoms with van der Waals surface area (Å²) in [5, 5.41) is 2.50. The molecule has 3 nitrogen and oxygen atoms in total. The number of halogens is 1. The van der Waals surface area contributed by atoms with E-state index in [1.54, 1.807) is 15.4 Å². The minimum absolute atomic E-state index is 0.0531. The van der Waals surface area contributed by atoms with Gasteiger partial charge in [0.05, 0.1) is 5.02 Å². The molecular formula is C14H15ClN2OS3. The van der Waals surface area contributed by atoms with Crippen LogP contribution in [0.2, 0.25) is 5.02 Å². The van der Waals surface area contributed by atoms with Crippen LogP contribution in [-0.2, 0) is 13.0 Å². The minimum atomic E-state index is 0.0531. The van der Waals surface area contributed by atoms with Crippen molar-refractivity contribution in [1.29, 1.82) is 0 Å². The molecule has 0 aliphatic heterocycles. The first-order chi connectivity index (χ1) is 9.97. The molecule has 0 aliphatic rings. The van der Waals surface area contributed by atoms with Crippen LogP contribution in [0.3, 0.4) is 0 Å². The summed E-state index contributed by atoms with van der Waals surface area (Å²) in [4.78, 5) is 14.3. The van der Waals surface area contributed by atoms with Crippen molar-refractivity contribution in [2.75, 3.05) is 14.1 Å². The van der Waals surface area contributed by atoms with Crippen molar-refractivity contribution in [3.05, 3.63) is 50.6 Å². The number of hydrogen-bond acceptors (Lipinski definition) is 4. The second-order valence-electron chi connectivity index (χ2n) is 4.63. The highest BCUT2D eigenvalue weighted by Gasteiger charge is 2.08.